The van der Waals surface area contributed by atoms with Crippen LogP contribution < -0.4 is 20.7 Å². The molecule has 1 aromatic heterocycles. The molecule has 162 valence electrons. The van der Waals surface area contributed by atoms with E-state index in [0.717, 1.165) is 31.6 Å². The third-order valence-corrected chi connectivity index (χ3v) is 6.87. The topological polar surface area (TPSA) is 149 Å². The summed E-state index contributed by atoms with van der Waals surface area (Å²) < 4.78 is 30.6. The third kappa shape index (κ3) is 4.78. The van der Waals surface area contributed by atoms with Crippen LogP contribution in [0.2, 0.25) is 0 Å². The Morgan fingerprint density at radius 3 is 2.70 bits per heavy atom. The van der Waals surface area contributed by atoms with E-state index in [4.69, 9.17) is 15.9 Å². The first kappa shape index (κ1) is 22.6. The summed E-state index contributed by atoms with van der Waals surface area (Å²) in [5.41, 5.74) is 7.66. The van der Waals surface area contributed by atoms with Gasteiger partial charge in [0.25, 0.3) is 0 Å². The molecule has 2 heterocycles. The maximum absolute atomic E-state index is 12.5. The molecular formula is C18H25BrN7O3S+. The van der Waals surface area contributed by atoms with Gasteiger partial charge in [-0.05, 0) is 39.0 Å². The number of benzene rings is 1. The highest BCUT2D eigenvalue weighted by Gasteiger charge is 2.30. The van der Waals surface area contributed by atoms with E-state index in [1.165, 1.54) is 13.4 Å². The molecular weight excluding hydrogens is 474 g/mol. The largest absolute Gasteiger partial charge is 0.383 e. The fourth-order valence-corrected chi connectivity index (χ4v) is 4.51. The number of nitrogen functional groups attached to an aromatic ring is 1. The van der Waals surface area contributed by atoms with Gasteiger partial charge in [0.15, 0.2) is 0 Å². The van der Waals surface area contributed by atoms with Gasteiger partial charge in [0.2, 0.25) is 4.90 Å². The summed E-state index contributed by atoms with van der Waals surface area (Å²) in [6, 6.07) is 5.04. The number of aromatic nitrogens is 2. The minimum Gasteiger partial charge on any atom is -0.383 e. The second-order valence-electron chi connectivity index (χ2n) is 6.75. The number of methoxy groups -OCH3 is 1. The summed E-state index contributed by atoms with van der Waals surface area (Å²) in [6.07, 6.45) is 3.28. The SMILES string of the molecule is CN[S+](=O)(O)c1ccc(N2CCC(OC)CC2)c(Nc2ncnc(N)c2C(=N)Br)c1. The van der Waals surface area contributed by atoms with Crippen LogP contribution >= 0.6 is 15.9 Å². The van der Waals surface area contributed by atoms with Crippen molar-refractivity contribution in [2.75, 3.05) is 43.2 Å². The van der Waals surface area contributed by atoms with E-state index < -0.39 is 10.4 Å². The minimum absolute atomic E-state index is 0.0305. The Hall–Kier alpha value is -2.12. The predicted octanol–water partition coefficient (Wildman–Crippen LogP) is 2.60. The Labute approximate surface area is 184 Å². The van der Waals surface area contributed by atoms with Gasteiger partial charge < -0.3 is 20.7 Å². The van der Waals surface area contributed by atoms with Crippen molar-refractivity contribution in [1.82, 2.24) is 14.7 Å². The highest BCUT2D eigenvalue weighted by atomic mass is 79.9. The number of halogens is 1. The van der Waals surface area contributed by atoms with Gasteiger partial charge in [-0.25, -0.2) is 9.97 Å². The molecule has 0 amide bonds. The van der Waals surface area contributed by atoms with Gasteiger partial charge in [0.05, 0.1) is 23.0 Å². The zero-order chi connectivity index (χ0) is 21.9. The molecule has 2 aromatic rings. The molecule has 1 fully saturated rings. The molecule has 0 bridgehead atoms. The number of hydrogen-bond acceptors (Lipinski definition) is 8. The Balaban J connectivity index is 2.04. The number of anilines is 4. The molecule has 1 aliphatic heterocycles. The molecule has 1 unspecified atom stereocenters. The monoisotopic (exact) mass is 498 g/mol. The lowest BCUT2D eigenvalue weighted by Gasteiger charge is -2.34. The Morgan fingerprint density at radius 2 is 2.10 bits per heavy atom. The lowest BCUT2D eigenvalue weighted by Crippen LogP contribution is -2.37. The summed E-state index contributed by atoms with van der Waals surface area (Å²) >= 11 is 3.13. The van der Waals surface area contributed by atoms with Crippen molar-refractivity contribution < 1.29 is 13.5 Å². The van der Waals surface area contributed by atoms with E-state index in [1.807, 2.05) is 6.07 Å². The first-order chi connectivity index (χ1) is 14.3. The lowest BCUT2D eigenvalue weighted by molar-refractivity contribution is 0.0819. The zero-order valence-corrected chi connectivity index (χ0v) is 19.1. The number of nitrogens with one attached hydrogen (secondary N) is 3. The van der Waals surface area contributed by atoms with E-state index in [0.29, 0.717) is 17.1 Å². The van der Waals surface area contributed by atoms with Crippen LogP contribution in [0.15, 0.2) is 29.4 Å². The predicted molar refractivity (Wildman–Crippen MR) is 122 cm³/mol. The highest BCUT2D eigenvalue weighted by Crippen LogP contribution is 2.35. The van der Waals surface area contributed by atoms with E-state index in [-0.39, 0.29) is 21.4 Å². The molecule has 6 N–H and O–H groups in total. The van der Waals surface area contributed by atoms with Crippen molar-refractivity contribution in [1.29, 1.82) is 5.41 Å². The van der Waals surface area contributed by atoms with Crippen molar-refractivity contribution in [2.45, 2.75) is 23.8 Å². The third-order valence-electron chi connectivity index (χ3n) is 5.03. The fourth-order valence-electron chi connectivity index (χ4n) is 3.35. The number of nitrogens with zero attached hydrogens (tertiary/aromatic N) is 3. The van der Waals surface area contributed by atoms with Crippen LogP contribution in [-0.2, 0) is 19.3 Å². The average molecular weight is 499 g/mol. The number of hydrogen-bond donors (Lipinski definition) is 5. The lowest BCUT2D eigenvalue weighted by atomic mass is 10.1. The molecule has 1 aromatic carbocycles. The van der Waals surface area contributed by atoms with Gasteiger partial charge >= 0.3 is 10.4 Å². The Kier molecular flexibility index (Phi) is 7.03. The van der Waals surface area contributed by atoms with Crippen LogP contribution in [0.4, 0.5) is 23.0 Å². The first-order valence-electron chi connectivity index (χ1n) is 9.25. The molecule has 1 saturated heterocycles. The number of ether oxygens (including phenoxy) is 1. The van der Waals surface area contributed by atoms with Crippen molar-refractivity contribution >= 4 is 54.0 Å². The van der Waals surface area contributed by atoms with Crippen molar-refractivity contribution in [3.05, 3.63) is 30.1 Å². The zero-order valence-electron chi connectivity index (χ0n) is 16.7. The van der Waals surface area contributed by atoms with Crippen LogP contribution in [0.5, 0.6) is 0 Å². The standard InChI is InChI=1S/C18H24BrN7O3S/c1-22-30(27,28)12-3-4-14(26-7-5-11(29-2)6-8-26)13(9-12)25-18-15(16(19)20)17(21)23-10-24-18/h3-4,9-11,20H,5-8H2,1-2H3,(H4-,21,22,23,24,25,27,28)/p+1. The van der Waals surface area contributed by atoms with Gasteiger partial charge in [-0.15, -0.1) is 4.72 Å². The molecule has 10 nitrogen and oxygen atoms in total. The van der Waals surface area contributed by atoms with Crippen molar-refractivity contribution in [2.24, 2.45) is 0 Å². The van der Waals surface area contributed by atoms with Crippen LogP contribution in [-0.4, -0.2) is 52.5 Å². The normalized spacial score (nSPS) is 16.9. The molecule has 3 rings (SSSR count). The van der Waals surface area contributed by atoms with Crippen LogP contribution in [0.25, 0.3) is 0 Å². The second kappa shape index (κ2) is 9.35. The first-order valence-corrected chi connectivity index (χ1v) is 11.6. The van der Waals surface area contributed by atoms with Gasteiger partial charge in [0, 0.05) is 39.4 Å². The molecule has 12 heteroatoms. The molecule has 1 aliphatic rings. The summed E-state index contributed by atoms with van der Waals surface area (Å²) in [5.74, 6) is 0.470. The quantitative estimate of drug-likeness (QED) is 0.288. The van der Waals surface area contributed by atoms with Crippen LogP contribution in [0.3, 0.4) is 0 Å². The Morgan fingerprint density at radius 1 is 1.40 bits per heavy atom. The molecule has 0 spiro atoms. The molecule has 0 radical (unpaired) electrons. The highest BCUT2D eigenvalue weighted by molar-refractivity contribution is 9.18. The second-order valence-corrected chi connectivity index (χ2v) is 9.48. The average Bonchev–Trinajstić information content (AvgIpc) is 2.73. The summed E-state index contributed by atoms with van der Waals surface area (Å²) in [7, 11) is -0.254. The summed E-state index contributed by atoms with van der Waals surface area (Å²) in [4.78, 5) is 10.6. The van der Waals surface area contributed by atoms with Crippen LogP contribution in [0, 0.1) is 5.41 Å². The maximum atomic E-state index is 12.5. The minimum atomic E-state index is -3.40. The molecule has 0 saturated carbocycles. The van der Waals surface area contributed by atoms with Gasteiger partial charge in [0.1, 0.15) is 22.6 Å². The fraction of sp³-hybridized carbons (Fsp3) is 0.389. The van der Waals surface area contributed by atoms with E-state index in [2.05, 4.69) is 40.8 Å². The van der Waals surface area contributed by atoms with Crippen molar-refractivity contribution in [3.63, 3.8) is 0 Å². The number of nitrogens with two attached hydrogens (primary N) is 1. The van der Waals surface area contributed by atoms with Crippen LogP contribution in [0.1, 0.15) is 18.4 Å². The van der Waals surface area contributed by atoms with Gasteiger partial charge in [-0.2, -0.15) is 4.55 Å². The Bertz CT molecular complexity index is 982. The molecule has 0 aliphatic carbocycles. The number of rotatable bonds is 7. The smallest absolute Gasteiger partial charge is 0.323 e. The van der Waals surface area contributed by atoms with Crippen molar-refractivity contribution in [3.8, 4) is 0 Å². The number of piperidine rings is 1. The molecule has 1 atom stereocenters. The summed E-state index contributed by atoms with van der Waals surface area (Å²) in [5, 5.41) is 11.1. The summed E-state index contributed by atoms with van der Waals surface area (Å²) in [6.45, 7) is 1.56. The van der Waals surface area contributed by atoms with E-state index in [1.54, 1.807) is 19.2 Å². The van der Waals surface area contributed by atoms with Gasteiger partial charge in [-0.3, -0.25) is 5.41 Å². The van der Waals surface area contributed by atoms with E-state index >= 15 is 0 Å². The maximum Gasteiger partial charge on any atom is 0.323 e. The molecule has 30 heavy (non-hydrogen) atoms. The van der Waals surface area contributed by atoms with E-state index in [9.17, 15) is 8.76 Å². The van der Waals surface area contributed by atoms with Gasteiger partial charge in [-0.1, -0.05) is 0 Å².